The van der Waals surface area contributed by atoms with Crippen molar-refractivity contribution >= 4 is 11.7 Å². The highest BCUT2D eigenvalue weighted by Crippen LogP contribution is 2.26. The van der Waals surface area contributed by atoms with E-state index in [1.807, 2.05) is 30.3 Å². The molecule has 0 bridgehead atoms. The van der Waals surface area contributed by atoms with E-state index in [0.29, 0.717) is 5.56 Å². The summed E-state index contributed by atoms with van der Waals surface area (Å²) in [4.78, 5) is 18.5. The molecular formula is C20H21N5O2. The van der Waals surface area contributed by atoms with Gasteiger partial charge in [0.15, 0.2) is 5.82 Å². The maximum absolute atomic E-state index is 12.3. The van der Waals surface area contributed by atoms with Crippen LogP contribution in [0.2, 0.25) is 0 Å². The summed E-state index contributed by atoms with van der Waals surface area (Å²) in [6.07, 6.45) is 4.12. The van der Waals surface area contributed by atoms with Crippen LogP contribution in [0, 0.1) is 0 Å². The van der Waals surface area contributed by atoms with E-state index >= 15 is 0 Å². The van der Waals surface area contributed by atoms with Gasteiger partial charge in [-0.1, -0.05) is 0 Å². The summed E-state index contributed by atoms with van der Waals surface area (Å²) in [5, 5.41) is 10.6. The van der Waals surface area contributed by atoms with Gasteiger partial charge in [0, 0.05) is 37.6 Å². The van der Waals surface area contributed by atoms with Crippen LogP contribution in [0.4, 0.5) is 5.82 Å². The summed E-state index contributed by atoms with van der Waals surface area (Å²) in [6.45, 7) is 1.59. The minimum absolute atomic E-state index is 0.0871. The molecule has 3 aromatic rings. The third-order valence-corrected chi connectivity index (χ3v) is 4.74. The van der Waals surface area contributed by atoms with E-state index in [2.05, 4.69) is 25.4 Å². The number of aromatic nitrogens is 3. The fourth-order valence-electron chi connectivity index (χ4n) is 3.24. The number of nitrogens with zero attached hydrogens (tertiary/aromatic N) is 3. The van der Waals surface area contributed by atoms with E-state index in [-0.39, 0.29) is 11.9 Å². The molecule has 2 N–H and O–H groups in total. The van der Waals surface area contributed by atoms with Gasteiger partial charge in [-0.2, -0.15) is 5.10 Å². The molecule has 1 aromatic carbocycles. The first-order chi connectivity index (χ1) is 13.2. The summed E-state index contributed by atoms with van der Waals surface area (Å²) < 4.78 is 5.19. The number of carbonyl (C=O) groups is 1. The maximum atomic E-state index is 12.3. The zero-order valence-corrected chi connectivity index (χ0v) is 15.1. The molecule has 7 nitrogen and oxygen atoms in total. The number of rotatable bonds is 5. The minimum atomic E-state index is -0.0871. The topological polar surface area (TPSA) is 83.1 Å². The number of benzene rings is 1. The monoisotopic (exact) mass is 363 g/mol. The van der Waals surface area contributed by atoms with Gasteiger partial charge in [-0.05, 0) is 48.4 Å². The van der Waals surface area contributed by atoms with Gasteiger partial charge in [0.2, 0.25) is 0 Å². The summed E-state index contributed by atoms with van der Waals surface area (Å²) in [5.74, 6) is 1.63. The molecule has 1 saturated heterocycles. The number of hydrogen-bond donors (Lipinski definition) is 2. The zero-order chi connectivity index (χ0) is 18.6. The normalized spacial score (nSPS) is 16.3. The first-order valence-corrected chi connectivity index (χ1v) is 8.88. The Bertz CT molecular complexity index is 908. The number of anilines is 1. The van der Waals surface area contributed by atoms with E-state index < -0.39 is 0 Å². The summed E-state index contributed by atoms with van der Waals surface area (Å²) in [6, 6.07) is 13.5. The average molecular weight is 363 g/mol. The lowest BCUT2D eigenvalue weighted by Gasteiger charge is -2.16. The highest BCUT2D eigenvalue weighted by molar-refractivity contribution is 5.94. The van der Waals surface area contributed by atoms with Gasteiger partial charge in [-0.3, -0.25) is 14.9 Å². The molecular weight excluding hydrogens is 342 g/mol. The molecule has 0 saturated carbocycles. The van der Waals surface area contributed by atoms with E-state index in [1.165, 1.54) is 0 Å². The number of amides is 1. The average Bonchev–Trinajstić information content (AvgIpc) is 3.38. The van der Waals surface area contributed by atoms with E-state index in [1.54, 1.807) is 31.6 Å². The summed E-state index contributed by atoms with van der Waals surface area (Å²) in [7, 11) is 1.65. The second-order valence-electron chi connectivity index (χ2n) is 6.52. The molecule has 7 heteroatoms. The molecule has 0 spiro atoms. The van der Waals surface area contributed by atoms with Crippen LogP contribution in [0.5, 0.6) is 5.75 Å². The fourth-order valence-corrected chi connectivity index (χ4v) is 3.24. The largest absolute Gasteiger partial charge is 0.497 e. The number of nitrogens with one attached hydrogen (secondary N) is 2. The molecule has 0 aliphatic carbocycles. The number of methoxy groups -OCH3 is 1. The molecule has 138 valence electrons. The highest BCUT2D eigenvalue weighted by Gasteiger charge is 2.26. The lowest BCUT2D eigenvalue weighted by molar-refractivity contribution is 0.0940. The Morgan fingerprint density at radius 1 is 1.30 bits per heavy atom. The smallest absolute Gasteiger partial charge is 0.253 e. The Labute approximate surface area is 157 Å². The van der Waals surface area contributed by atoms with Crippen molar-refractivity contribution in [2.75, 3.05) is 25.1 Å². The van der Waals surface area contributed by atoms with Crippen molar-refractivity contribution in [2.24, 2.45) is 0 Å². The van der Waals surface area contributed by atoms with Crippen molar-refractivity contribution in [3.63, 3.8) is 0 Å². The first kappa shape index (κ1) is 17.1. The Kier molecular flexibility index (Phi) is 4.74. The number of carbonyl (C=O) groups excluding carboxylic acids is 1. The molecule has 1 aliphatic rings. The van der Waals surface area contributed by atoms with Crippen molar-refractivity contribution in [3.05, 3.63) is 60.4 Å². The molecule has 3 heterocycles. The predicted octanol–water partition coefficient (Wildman–Crippen LogP) is 2.49. The van der Waals surface area contributed by atoms with Crippen LogP contribution < -0.4 is 15.0 Å². The van der Waals surface area contributed by atoms with Crippen LogP contribution in [0.1, 0.15) is 16.8 Å². The molecule has 1 fully saturated rings. The number of pyridine rings is 1. The molecule has 1 aliphatic heterocycles. The molecule has 1 atom stereocenters. The van der Waals surface area contributed by atoms with Crippen LogP contribution >= 0.6 is 0 Å². The quantitative estimate of drug-likeness (QED) is 0.728. The lowest BCUT2D eigenvalue weighted by atomic mass is 10.1. The first-order valence-electron chi connectivity index (χ1n) is 8.88. The second-order valence-corrected chi connectivity index (χ2v) is 6.52. The minimum Gasteiger partial charge on any atom is -0.497 e. The molecule has 2 aromatic heterocycles. The van der Waals surface area contributed by atoms with Crippen LogP contribution in [0.25, 0.3) is 11.3 Å². The van der Waals surface area contributed by atoms with Gasteiger partial charge in [0.05, 0.1) is 18.4 Å². The Morgan fingerprint density at radius 2 is 2.15 bits per heavy atom. The fraction of sp³-hybridized carbons (Fsp3) is 0.250. The Balaban J connectivity index is 1.39. The van der Waals surface area contributed by atoms with Crippen LogP contribution in [0.3, 0.4) is 0 Å². The van der Waals surface area contributed by atoms with Crippen molar-refractivity contribution in [1.82, 2.24) is 20.5 Å². The molecule has 27 heavy (non-hydrogen) atoms. The Hall–Kier alpha value is -3.35. The number of ether oxygens (including phenoxy) is 1. The number of aromatic amines is 1. The SMILES string of the molecule is COc1ccc(-c2cc(N3CCC(NC(=O)c4cccnc4)C3)n[nH]2)cc1. The summed E-state index contributed by atoms with van der Waals surface area (Å²) >= 11 is 0. The van der Waals surface area contributed by atoms with Crippen molar-refractivity contribution < 1.29 is 9.53 Å². The summed E-state index contributed by atoms with van der Waals surface area (Å²) in [5.41, 5.74) is 2.59. The molecule has 1 unspecified atom stereocenters. The number of H-pyrrole nitrogens is 1. The van der Waals surface area contributed by atoms with Crippen LogP contribution in [-0.2, 0) is 0 Å². The molecule has 1 amide bonds. The predicted molar refractivity (Wildman–Crippen MR) is 103 cm³/mol. The maximum Gasteiger partial charge on any atom is 0.253 e. The van der Waals surface area contributed by atoms with Crippen LogP contribution in [0.15, 0.2) is 54.9 Å². The third-order valence-electron chi connectivity index (χ3n) is 4.74. The number of hydrogen-bond acceptors (Lipinski definition) is 5. The van der Waals surface area contributed by atoms with Gasteiger partial charge in [-0.15, -0.1) is 0 Å². The van der Waals surface area contributed by atoms with Crippen molar-refractivity contribution in [3.8, 4) is 17.0 Å². The molecule has 4 rings (SSSR count). The Morgan fingerprint density at radius 3 is 2.89 bits per heavy atom. The van der Waals surface area contributed by atoms with Gasteiger partial charge in [0.1, 0.15) is 5.75 Å². The lowest BCUT2D eigenvalue weighted by Crippen LogP contribution is -2.37. The highest BCUT2D eigenvalue weighted by atomic mass is 16.5. The van der Waals surface area contributed by atoms with E-state index in [0.717, 1.165) is 42.3 Å². The zero-order valence-electron chi connectivity index (χ0n) is 15.1. The van der Waals surface area contributed by atoms with E-state index in [4.69, 9.17) is 4.74 Å². The van der Waals surface area contributed by atoms with Crippen LogP contribution in [-0.4, -0.2) is 47.3 Å². The van der Waals surface area contributed by atoms with Crippen molar-refractivity contribution in [2.45, 2.75) is 12.5 Å². The van der Waals surface area contributed by atoms with Gasteiger partial charge < -0.3 is 15.0 Å². The van der Waals surface area contributed by atoms with Crippen molar-refractivity contribution in [1.29, 1.82) is 0 Å². The van der Waals surface area contributed by atoms with Gasteiger partial charge in [0.25, 0.3) is 5.91 Å². The third kappa shape index (κ3) is 3.76. The van der Waals surface area contributed by atoms with Gasteiger partial charge >= 0.3 is 0 Å². The second kappa shape index (κ2) is 7.49. The van der Waals surface area contributed by atoms with Gasteiger partial charge in [-0.25, -0.2) is 0 Å². The standard InChI is InChI=1S/C20H21N5O2/c1-27-17-6-4-14(5-7-17)18-11-19(24-23-18)25-10-8-16(13-25)22-20(26)15-3-2-9-21-12-15/h2-7,9,11-12,16H,8,10,13H2,1H3,(H,22,26)(H,23,24). The molecule has 0 radical (unpaired) electrons. The van der Waals surface area contributed by atoms with E-state index in [9.17, 15) is 4.79 Å².